The molecule has 0 heterocycles. The molecule has 0 radical (unpaired) electrons. The summed E-state index contributed by atoms with van der Waals surface area (Å²) in [6.07, 6.45) is 77.7. The van der Waals surface area contributed by atoms with Crippen molar-refractivity contribution in [2.75, 3.05) is 13.2 Å². The first-order valence-electron chi connectivity index (χ1n) is 33.0. The van der Waals surface area contributed by atoms with E-state index in [4.69, 9.17) is 14.2 Å². The Labute approximate surface area is 461 Å². The fourth-order valence-electron chi connectivity index (χ4n) is 9.99. The summed E-state index contributed by atoms with van der Waals surface area (Å²) in [6, 6.07) is 0. The minimum absolute atomic E-state index is 0.0747. The fraction of sp³-hybridized carbons (Fsp3) is 0.868. The van der Waals surface area contributed by atoms with Gasteiger partial charge >= 0.3 is 17.9 Å². The number of ether oxygens (including phenoxy) is 3. The van der Waals surface area contributed by atoms with Crippen molar-refractivity contribution in [2.45, 2.75) is 367 Å². The van der Waals surface area contributed by atoms with Gasteiger partial charge in [0.05, 0.1) is 0 Å². The zero-order valence-corrected chi connectivity index (χ0v) is 49.9. The van der Waals surface area contributed by atoms with Crippen LogP contribution in [-0.2, 0) is 28.6 Å². The van der Waals surface area contributed by atoms with Crippen molar-refractivity contribution in [3.05, 3.63) is 36.5 Å². The summed E-state index contributed by atoms with van der Waals surface area (Å²) < 4.78 is 16.9. The van der Waals surface area contributed by atoms with Crippen LogP contribution in [0.3, 0.4) is 0 Å². The van der Waals surface area contributed by atoms with Crippen molar-refractivity contribution in [3.8, 4) is 0 Å². The second kappa shape index (κ2) is 63.2. The highest BCUT2D eigenvalue weighted by Gasteiger charge is 2.19. The molecule has 0 saturated heterocycles. The van der Waals surface area contributed by atoms with E-state index in [0.717, 1.165) is 96.3 Å². The molecular weight excluding hydrogens is 913 g/mol. The van der Waals surface area contributed by atoms with Crippen molar-refractivity contribution in [3.63, 3.8) is 0 Å². The normalized spacial score (nSPS) is 12.2. The summed E-state index contributed by atoms with van der Waals surface area (Å²) in [5, 5.41) is 0. The smallest absolute Gasteiger partial charge is 0.306 e. The van der Waals surface area contributed by atoms with Crippen molar-refractivity contribution >= 4 is 17.9 Å². The zero-order valence-electron chi connectivity index (χ0n) is 49.9. The lowest BCUT2D eigenvalue weighted by Gasteiger charge is -2.18. The van der Waals surface area contributed by atoms with E-state index < -0.39 is 6.10 Å². The molecule has 6 heteroatoms. The third-order valence-electron chi connectivity index (χ3n) is 14.9. The van der Waals surface area contributed by atoms with Crippen LogP contribution >= 0.6 is 0 Å². The van der Waals surface area contributed by atoms with E-state index >= 15 is 0 Å². The van der Waals surface area contributed by atoms with Crippen molar-refractivity contribution < 1.29 is 28.6 Å². The second-order valence-electron chi connectivity index (χ2n) is 22.4. The SMILES string of the molecule is CC/C=C\C/C=C\C/C=C\CCCCCCCC(=O)OC(COC(=O)CCCCCCCCCCC)COC(=O)CCCCCCCCCCCCCCCCCCCCCCCCCCCCCCCCCC. The molecule has 6 nitrogen and oxygen atoms in total. The topological polar surface area (TPSA) is 78.9 Å². The molecule has 0 aliphatic rings. The molecule has 0 spiro atoms. The van der Waals surface area contributed by atoms with Crippen LogP contribution in [0, 0.1) is 0 Å². The predicted molar refractivity (Wildman–Crippen MR) is 321 cm³/mol. The maximum atomic E-state index is 12.8. The Bertz CT molecular complexity index is 1240. The van der Waals surface area contributed by atoms with Crippen LogP contribution < -0.4 is 0 Å². The lowest BCUT2D eigenvalue weighted by molar-refractivity contribution is -0.167. The monoisotopic (exact) mass is 1040 g/mol. The highest BCUT2D eigenvalue weighted by atomic mass is 16.6. The van der Waals surface area contributed by atoms with E-state index in [1.807, 2.05) is 0 Å². The molecular formula is C68H126O6. The number of hydrogen-bond donors (Lipinski definition) is 0. The molecule has 0 aromatic rings. The minimum atomic E-state index is -0.777. The molecule has 434 valence electrons. The molecule has 0 saturated carbocycles. The highest BCUT2D eigenvalue weighted by Crippen LogP contribution is 2.18. The van der Waals surface area contributed by atoms with E-state index in [-0.39, 0.29) is 31.1 Å². The van der Waals surface area contributed by atoms with Crippen molar-refractivity contribution in [1.29, 1.82) is 0 Å². The first kappa shape index (κ1) is 71.6. The van der Waals surface area contributed by atoms with Crippen LogP contribution in [0.2, 0.25) is 0 Å². The average Bonchev–Trinajstić information content (AvgIpc) is 3.40. The predicted octanol–water partition coefficient (Wildman–Crippen LogP) is 22.4. The Morgan fingerprint density at radius 1 is 0.284 bits per heavy atom. The van der Waals surface area contributed by atoms with Gasteiger partial charge in [-0.3, -0.25) is 14.4 Å². The summed E-state index contributed by atoms with van der Waals surface area (Å²) in [5.41, 5.74) is 0. The average molecular weight is 1040 g/mol. The number of esters is 3. The molecule has 0 aliphatic heterocycles. The van der Waals surface area contributed by atoms with E-state index in [0.29, 0.717) is 19.3 Å². The van der Waals surface area contributed by atoms with Gasteiger partial charge in [0.25, 0.3) is 0 Å². The number of carbonyl (C=O) groups is 3. The molecule has 0 fully saturated rings. The van der Waals surface area contributed by atoms with Gasteiger partial charge in [0.2, 0.25) is 0 Å². The van der Waals surface area contributed by atoms with Crippen LogP contribution in [-0.4, -0.2) is 37.2 Å². The number of rotatable bonds is 61. The molecule has 1 atom stereocenters. The van der Waals surface area contributed by atoms with Gasteiger partial charge in [-0.25, -0.2) is 0 Å². The van der Waals surface area contributed by atoms with Gasteiger partial charge in [0.1, 0.15) is 13.2 Å². The summed E-state index contributed by atoms with van der Waals surface area (Å²) >= 11 is 0. The lowest BCUT2D eigenvalue weighted by atomic mass is 10.0. The van der Waals surface area contributed by atoms with E-state index in [9.17, 15) is 14.4 Å². The number of unbranched alkanes of at least 4 members (excludes halogenated alkanes) is 44. The third-order valence-corrected chi connectivity index (χ3v) is 14.9. The largest absolute Gasteiger partial charge is 0.462 e. The fourth-order valence-corrected chi connectivity index (χ4v) is 9.99. The molecule has 0 aliphatic carbocycles. The van der Waals surface area contributed by atoms with Crippen LogP contribution in [0.4, 0.5) is 0 Å². The first-order chi connectivity index (χ1) is 36.5. The Hall–Kier alpha value is -2.37. The van der Waals surface area contributed by atoms with Gasteiger partial charge in [0, 0.05) is 19.3 Å². The second-order valence-corrected chi connectivity index (χ2v) is 22.4. The number of carbonyl (C=O) groups excluding carboxylic acids is 3. The lowest BCUT2D eigenvalue weighted by Crippen LogP contribution is -2.30. The molecule has 74 heavy (non-hydrogen) atoms. The summed E-state index contributed by atoms with van der Waals surface area (Å²) in [4.78, 5) is 38.1. The number of allylic oxidation sites excluding steroid dienone is 6. The van der Waals surface area contributed by atoms with Gasteiger partial charge in [-0.1, -0.05) is 327 Å². The van der Waals surface area contributed by atoms with Gasteiger partial charge in [0.15, 0.2) is 6.10 Å². The Morgan fingerprint density at radius 3 is 0.824 bits per heavy atom. The van der Waals surface area contributed by atoms with Crippen LogP contribution in [0.1, 0.15) is 361 Å². The first-order valence-corrected chi connectivity index (χ1v) is 33.0. The van der Waals surface area contributed by atoms with Gasteiger partial charge in [-0.2, -0.15) is 0 Å². The maximum Gasteiger partial charge on any atom is 0.306 e. The van der Waals surface area contributed by atoms with E-state index in [2.05, 4.69) is 57.2 Å². The number of hydrogen-bond acceptors (Lipinski definition) is 6. The van der Waals surface area contributed by atoms with Crippen LogP contribution in [0.5, 0.6) is 0 Å². The minimum Gasteiger partial charge on any atom is -0.462 e. The van der Waals surface area contributed by atoms with Crippen molar-refractivity contribution in [2.24, 2.45) is 0 Å². The van der Waals surface area contributed by atoms with Crippen LogP contribution in [0.25, 0.3) is 0 Å². The summed E-state index contributed by atoms with van der Waals surface area (Å²) in [5.74, 6) is -0.875. The van der Waals surface area contributed by atoms with Crippen LogP contribution in [0.15, 0.2) is 36.5 Å². The molecule has 0 aromatic heterocycles. The van der Waals surface area contributed by atoms with Gasteiger partial charge < -0.3 is 14.2 Å². The Balaban J connectivity index is 4.01. The Morgan fingerprint density at radius 2 is 0.527 bits per heavy atom. The molecule has 0 amide bonds. The molecule has 1 unspecified atom stereocenters. The molecule has 0 bridgehead atoms. The standard InChI is InChI=1S/C68H126O6/c1-4-7-10-13-16-19-21-23-25-26-27-28-29-30-31-32-33-34-35-36-37-38-39-40-41-43-44-46-49-52-55-58-61-67(70)73-64-65(63-72-66(69)60-57-54-51-48-18-15-12-9-6-3)74-68(71)62-59-56-53-50-47-45-42-24-22-20-17-14-11-8-5-2/h8,11,17,20,24,42,65H,4-7,9-10,12-16,18-19,21-23,25-41,43-64H2,1-3H3/b11-8-,20-17-,42-24-. The quantitative estimate of drug-likeness (QED) is 0.0261. The highest BCUT2D eigenvalue weighted by molar-refractivity contribution is 5.71. The third kappa shape index (κ3) is 60.5. The van der Waals surface area contributed by atoms with E-state index in [1.165, 1.54) is 225 Å². The van der Waals surface area contributed by atoms with Crippen molar-refractivity contribution in [1.82, 2.24) is 0 Å². The maximum absolute atomic E-state index is 12.8. The Kier molecular flexibility index (Phi) is 61.1. The van der Waals surface area contributed by atoms with E-state index in [1.54, 1.807) is 0 Å². The summed E-state index contributed by atoms with van der Waals surface area (Å²) in [6.45, 7) is 6.55. The zero-order chi connectivity index (χ0) is 53.6. The summed E-state index contributed by atoms with van der Waals surface area (Å²) in [7, 11) is 0. The molecule has 0 rings (SSSR count). The van der Waals surface area contributed by atoms with Gasteiger partial charge in [-0.05, 0) is 51.4 Å². The van der Waals surface area contributed by atoms with Gasteiger partial charge in [-0.15, -0.1) is 0 Å². The molecule has 0 N–H and O–H groups in total. The molecule has 0 aromatic carbocycles.